The largest absolute Gasteiger partial charge is 0.212 e. The first kappa shape index (κ1) is 48.8. The van der Waals surface area contributed by atoms with Crippen molar-refractivity contribution in [3.05, 3.63) is 194 Å². The van der Waals surface area contributed by atoms with E-state index in [0.29, 0.717) is 0 Å². The van der Waals surface area contributed by atoms with Crippen LogP contribution in [-0.2, 0) is 12.0 Å². The van der Waals surface area contributed by atoms with Crippen LogP contribution in [0, 0.1) is 116 Å². The van der Waals surface area contributed by atoms with Crippen LogP contribution in [0.3, 0.4) is 0 Å². The van der Waals surface area contributed by atoms with Gasteiger partial charge >= 0.3 is 0 Å². The zero-order valence-electron chi connectivity index (χ0n) is 33.1. The molecule has 0 N–H and O–H groups in total. The summed E-state index contributed by atoms with van der Waals surface area (Å²) in [6, 6.07) is 21.8. The van der Waals surface area contributed by atoms with Crippen molar-refractivity contribution in [1.82, 2.24) is 0 Å². The van der Waals surface area contributed by atoms with Gasteiger partial charge in [0.05, 0.1) is 0 Å². The number of para-hydroxylation sites is 1. The summed E-state index contributed by atoms with van der Waals surface area (Å²) >= 11 is 0. The summed E-state index contributed by atoms with van der Waals surface area (Å²) in [6.07, 6.45) is -5.06. The van der Waals surface area contributed by atoms with E-state index in [1.54, 1.807) is 0 Å². The molecule has 1 nitrogen and oxygen atoms in total. The van der Waals surface area contributed by atoms with E-state index in [9.17, 15) is 52.7 Å². The minimum absolute atomic E-state index is 0.213. The van der Waals surface area contributed by atoms with Gasteiger partial charge in [-0.2, -0.15) is 4.57 Å². The van der Waals surface area contributed by atoms with Crippen molar-refractivity contribution in [3.63, 3.8) is 0 Å². The van der Waals surface area contributed by atoms with Crippen molar-refractivity contribution in [2.45, 2.75) is 32.7 Å². The van der Waals surface area contributed by atoms with E-state index in [4.69, 9.17) is 0 Å². The van der Waals surface area contributed by atoms with Gasteiger partial charge in [-0.05, 0) is 23.1 Å². The van der Waals surface area contributed by atoms with Crippen LogP contribution in [0.5, 0.6) is 0 Å². The molecule has 66 heavy (non-hydrogen) atoms. The maximum Gasteiger partial charge on any atom is 0.212 e. The Balaban J connectivity index is 0.000000284. The lowest BCUT2D eigenvalue weighted by Gasteiger charge is -2.44. The first-order valence-corrected chi connectivity index (χ1v) is 18.4. The van der Waals surface area contributed by atoms with Gasteiger partial charge in [-0.15, -0.1) is 21.9 Å². The summed E-state index contributed by atoms with van der Waals surface area (Å²) < 4.78 is 296. The van der Waals surface area contributed by atoms with E-state index < -0.39 is 144 Å². The number of pyridine rings is 1. The third kappa shape index (κ3) is 7.66. The van der Waals surface area contributed by atoms with E-state index in [-0.39, 0.29) is 5.41 Å². The van der Waals surface area contributed by atoms with Crippen molar-refractivity contribution >= 4 is 38.9 Å². The van der Waals surface area contributed by atoms with Crippen molar-refractivity contribution in [2.75, 3.05) is 0 Å². The van der Waals surface area contributed by atoms with Crippen molar-refractivity contribution in [3.8, 4) is 0 Å². The fourth-order valence-corrected chi connectivity index (χ4v) is 7.54. The van der Waals surface area contributed by atoms with Crippen LogP contribution in [0.4, 0.5) is 87.8 Å². The van der Waals surface area contributed by atoms with Gasteiger partial charge in [-0.3, -0.25) is 0 Å². The van der Waals surface area contributed by atoms with Crippen LogP contribution in [0.25, 0.3) is 10.9 Å². The predicted octanol–water partition coefficient (Wildman–Crippen LogP) is 10.3. The molecule has 0 aliphatic rings. The molecule has 346 valence electrons. The Labute approximate surface area is 358 Å². The lowest BCUT2D eigenvalue weighted by Crippen LogP contribution is -2.81. The molecule has 0 saturated heterocycles. The molecule has 1 aromatic heterocycles. The number of fused-ring (bicyclic) bond motifs is 1. The van der Waals surface area contributed by atoms with E-state index >= 15 is 35.1 Å². The normalized spacial score (nSPS) is 11.9. The van der Waals surface area contributed by atoms with Crippen LogP contribution in [0.2, 0.25) is 0 Å². The molecule has 6 aromatic carbocycles. The molecule has 0 saturated carbocycles. The quantitative estimate of drug-likeness (QED) is 0.0514. The molecule has 0 aliphatic heterocycles. The van der Waals surface area contributed by atoms with Crippen LogP contribution >= 0.6 is 0 Å². The van der Waals surface area contributed by atoms with Crippen molar-refractivity contribution in [2.24, 2.45) is 0 Å². The van der Waals surface area contributed by atoms with Crippen LogP contribution in [0.15, 0.2) is 66.9 Å². The zero-order valence-corrected chi connectivity index (χ0v) is 33.1. The maximum absolute atomic E-state index is 15.4. The first-order chi connectivity index (χ1) is 30.7. The molecule has 0 amide bonds. The average Bonchev–Trinajstić information content (AvgIpc) is 3.29. The molecule has 7 aromatic rings. The molecule has 22 heteroatoms. The second-order valence-corrected chi connectivity index (χ2v) is 15.4. The fraction of sp³-hybridized carbons (Fsp3) is 0.114. The predicted molar refractivity (Wildman–Crippen MR) is 198 cm³/mol. The van der Waals surface area contributed by atoms with Crippen molar-refractivity contribution in [1.29, 1.82) is 0 Å². The number of aromatic nitrogens is 1. The first-order valence-electron chi connectivity index (χ1n) is 18.4. The summed E-state index contributed by atoms with van der Waals surface area (Å²) in [6.45, 7) is 7.66. The number of benzene rings is 6. The Kier molecular flexibility index (Phi) is 13.1. The third-order valence-corrected chi connectivity index (χ3v) is 10.7. The fourth-order valence-electron chi connectivity index (χ4n) is 7.54. The molecule has 0 radical (unpaired) electrons. The van der Waals surface area contributed by atoms with Gasteiger partial charge in [-0.1, -0.05) is 57.2 Å². The number of rotatable bonds is 6. The maximum atomic E-state index is 15.4. The van der Waals surface area contributed by atoms with E-state index in [1.165, 1.54) is 22.0 Å². The van der Waals surface area contributed by atoms with Gasteiger partial charge in [0, 0.05) is 23.1 Å². The standard InChI is InChI=1S/C24BF20.C20H22N/c26-5-1(6(27)14(35)21(42)13(5)34)25(2-7(28)15(36)22(43)16(37)8(2)29,3-9(30)17(38)23(44)18(39)10(3)31)4-11(32)19(40)24(45)20(41)12(4)33;1-20(2,3)18-12-10-16(11-13-18)15-21-14-6-8-17-7-4-5-9-19(17)21/h;4-14H,15H2,1-3H3/q-1;+1. The molecule has 0 unspecified atom stereocenters. The van der Waals surface area contributed by atoms with E-state index in [2.05, 4.69) is 92.2 Å². The summed E-state index contributed by atoms with van der Waals surface area (Å²) in [4.78, 5) is 0. The van der Waals surface area contributed by atoms with Gasteiger partial charge in [0.1, 0.15) is 52.7 Å². The Hall–Kier alpha value is -6.61. The Morgan fingerprint density at radius 2 is 0.621 bits per heavy atom. The Morgan fingerprint density at radius 3 is 0.924 bits per heavy atom. The topological polar surface area (TPSA) is 3.88 Å². The lowest BCUT2D eigenvalue weighted by atomic mass is 9.12. The molecular formula is C44H22BF20N. The minimum Gasteiger partial charge on any atom is -0.207 e. The van der Waals surface area contributed by atoms with Crippen LogP contribution in [-0.4, -0.2) is 6.15 Å². The van der Waals surface area contributed by atoms with E-state index in [1.807, 2.05) is 0 Å². The van der Waals surface area contributed by atoms with Crippen LogP contribution < -0.4 is 26.4 Å². The van der Waals surface area contributed by atoms with Crippen molar-refractivity contribution < 1.29 is 92.4 Å². The van der Waals surface area contributed by atoms with Gasteiger partial charge < -0.3 is 0 Å². The smallest absolute Gasteiger partial charge is 0.207 e. The highest BCUT2D eigenvalue weighted by Crippen LogP contribution is 2.31. The van der Waals surface area contributed by atoms with Gasteiger partial charge in [0.2, 0.25) is 5.52 Å². The molecular weight excluding hydrogens is 933 g/mol. The molecule has 0 bridgehead atoms. The summed E-state index contributed by atoms with van der Waals surface area (Å²) in [5, 5.41) is 1.28. The van der Waals surface area contributed by atoms with E-state index in [0.717, 1.165) is 6.54 Å². The van der Waals surface area contributed by atoms with Gasteiger partial charge in [0.15, 0.2) is 82.5 Å². The highest BCUT2D eigenvalue weighted by molar-refractivity contribution is 7.20. The summed E-state index contributed by atoms with van der Waals surface area (Å²) in [5.74, 6) is -71.4. The molecule has 0 spiro atoms. The molecule has 7 rings (SSSR count). The highest BCUT2D eigenvalue weighted by Gasteiger charge is 2.52. The molecule has 0 fully saturated rings. The average molecular weight is 955 g/mol. The number of halogens is 20. The second kappa shape index (κ2) is 17.7. The number of hydrogen-bond donors (Lipinski definition) is 0. The minimum atomic E-state index is -7.22. The second-order valence-electron chi connectivity index (χ2n) is 15.4. The SMILES string of the molecule is CC(C)(C)c1ccc(C[n+]2cccc3ccccc32)cc1.Fc1c(F)c(F)c([B-](c2c(F)c(F)c(F)c(F)c2F)(c2c(F)c(F)c(F)c(F)c2F)c2c(F)c(F)c(F)c(F)c2F)c(F)c1F. The highest BCUT2D eigenvalue weighted by atomic mass is 19.2. The summed E-state index contributed by atoms with van der Waals surface area (Å²) in [5.41, 5.74) is -10.1. The van der Waals surface area contributed by atoms with Crippen LogP contribution in [0.1, 0.15) is 31.9 Å². The summed E-state index contributed by atoms with van der Waals surface area (Å²) in [7, 11) is 0. The number of nitrogens with zero attached hydrogens (tertiary/aromatic N) is 1. The van der Waals surface area contributed by atoms with Gasteiger partial charge in [0.25, 0.3) is 0 Å². The molecule has 1 heterocycles. The molecule has 0 atom stereocenters. The Bertz CT molecular complexity index is 2710. The Morgan fingerprint density at radius 1 is 0.348 bits per heavy atom. The lowest BCUT2D eigenvalue weighted by molar-refractivity contribution is -0.662. The number of hydrogen-bond acceptors (Lipinski definition) is 0. The zero-order chi connectivity index (χ0) is 49.2. The molecule has 0 aliphatic carbocycles. The third-order valence-electron chi connectivity index (χ3n) is 10.7. The monoisotopic (exact) mass is 955 g/mol. The van der Waals surface area contributed by atoms with Gasteiger partial charge in [-0.25, -0.2) is 87.8 Å².